The van der Waals surface area contributed by atoms with Crippen LogP contribution in [0.1, 0.15) is 16.1 Å². The van der Waals surface area contributed by atoms with E-state index in [-0.39, 0.29) is 5.91 Å². The molecule has 27 heavy (non-hydrogen) atoms. The fourth-order valence-electron chi connectivity index (χ4n) is 2.52. The van der Waals surface area contributed by atoms with Crippen LogP contribution >= 0.6 is 34.5 Å². The summed E-state index contributed by atoms with van der Waals surface area (Å²) < 4.78 is 0. The number of aryl methyl sites for hydroxylation is 1. The zero-order valence-corrected chi connectivity index (χ0v) is 17.0. The number of aromatic nitrogens is 1. The molecular formula is C21H18Cl2N2OS. The lowest BCUT2D eigenvalue weighted by atomic mass is 10.1. The van der Waals surface area contributed by atoms with E-state index in [1.54, 1.807) is 29.5 Å². The van der Waals surface area contributed by atoms with Crippen molar-refractivity contribution in [3.8, 4) is 11.3 Å². The maximum atomic E-state index is 11.9. The summed E-state index contributed by atoms with van der Waals surface area (Å²) in [6, 6.07) is 13.5. The summed E-state index contributed by atoms with van der Waals surface area (Å²) in [6.45, 7) is 2.57. The van der Waals surface area contributed by atoms with Gasteiger partial charge < -0.3 is 5.32 Å². The molecule has 0 fully saturated rings. The average molecular weight is 417 g/mol. The number of thiazole rings is 1. The summed E-state index contributed by atoms with van der Waals surface area (Å²) in [5, 5.41) is 6.97. The molecule has 0 bridgehead atoms. The van der Waals surface area contributed by atoms with E-state index in [1.165, 1.54) is 11.6 Å². The van der Waals surface area contributed by atoms with Gasteiger partial charge in [0, 0.05) is 23.6 Å². The monoisotopic (exact) mass is 416 g/mol. The Morgan fingerprint density at radius 3 is 2.59 bits per heavy atom. The third-order valence-corrected chi connectivity index (χ3v) is 5.46. The van der Waals surface area contributed by atoms with Gasteiger partial charge in [-0.05, 0) is 42.7 Å². The van der Waals surface area contributed by atoms with Crippen molar-refractivity contribution in [1.29, 1.82) is 0 Å². The van der Waals surface area contributed by atoms with Gasteiger partial charge in [-0.15, -0.1) is 11.3 Å². The number of benzene rings is 2. The van der Waals surface area contributed by atoms with Gasteiger partial charge >= 0.3 is 0 Å². The molecule has 0 spiro atoms. The summed E-state index contributed by atoms with van der Waals surface area (Å²) in [5.74, 6) is -0.143. The number of carbonyl (C=O) groups is 1. The molecule has 0 aliphatic carbocycles. The lowest BCUT2D eigenvalue weighted by Gasteiger charge is -2.04. The summed E-state index contributed by atoms with van der Waals surface area (Å²) in [6.07, 6.45) is 3.97. The fraction of sp³-hybridized carbons (Fsp3) is 0.143. The molecule has 138 valence electrons. The number of hydrogen-bond donors (Lipinski definition) is 1. The molecule has 1 N–H and O–H groups in total. The third-order valence-electron chi connectivity index (χ3n) is 3.95. The van der Waals surface area contributed by atoms with Crippen molar-refractivity contribution in [3.05, 3.63) is 80.1 Å². The second-order valence-electron chi connectivity index (χ2n) is 6.00. The smallest absolute Gasteiger partial charge is 0.244 e. The SMILES string of the molecule is Cc1nc(-c2ccc(CCNC(=O)/C=C/c3ccc(Cl)c(Cl)c3)cc2)cs1. The minimum absolute atomic E-state index is 0.143. The van der Waals surface area contributed by atoms with Gasteiger partial charge in [0.25, 0.3) is 0 Å². The predicted octanol–water partition coefficient (Wildman–Crippen LogP) is 5.80. The quantitative estimate of drug-likeness (QED) is 0.516. The minimum atomic E-state index is -0.143. The number of carbonyl (C=O) groups excluding carboxylic acids is 1. The lowest BCUT2D eigenvalue weighted by Crippen LogP contribution is -2.23. The normalized spacial score (nSPS) is 11.1. The van der Waals surface area contributed by atoms with E-state index in [2.05, 4.69) is 39.9 Å². The van der Waals surface area contributed by atoms with E-state index in [1.807, 2.05) is 13.0 Å². The van der Waals surface area contributed by atoms with E-state index in [4.69, 9.17) is 23.2 Å². The van der Waals surface area contributed by atoms with Crippen molar-refractivity contribution in [2.45, 2.75) is 13.3 Å². The van der Waals surface area contributed by atoms with E-state index in [9.17, 15) is 4.79 Å². The van der Waals surface area contributed by atoms with Gasteiger partial charge in [-0.2, -0.15) is 0 Å². The summed E-state index contributed by atoms with van der Waals surface area (Å²) in [4.78, 5) is 16.4. The molecule has 0 saturated carbocycles. The molecule has 0 aliphatic heterocycles. The van der Waals surface area contributed by atoms with Crippen molar-refractivity contribution < 1.29 is 4.79 Å². The summed E-state index contributed by atoms with van der Waals surface area (Å²) >= 11 is 13.5. The van der Waals surface area contributed by atoms with Crippen LogP contribution in [-0.4, -0.2) is 17.4 Å². The van der Waals surface area contributed by atoms with E-state index >= 15 is 0 Å². The van der Waals surface area contributed by atoms with Crippen molar-refractivity contribution in [3.63, 3.8) is 0 Å². The van der Waals surface area contributed by atoms with Crippen molar-refractivity contribution in [2.75, 3.05) is 6.54 Å². The largest absolute Gasteiger partial charge is 0.352 e. The number of hydrogen-bond acceptors (Lipinski definition) is 3. The molecular weight excluding hydrogens is 399 g/mol. The number of nitrogens with zero attached hydrogens (tertiary/aromatic N) is 1. The number of halogens is 2. The van der Waals surface area contributed by atoms with Crippen LogP contribution in [0.3, 0.4) is 0 Å². The number of nitrogens with one attached hydrogen (secondary N) is 1. The summed E-state index contributed by atoms with van der Waals surface area (Å²) in [5.41, 5.74) is 4.10. The average Bonchev–Trinajstić information content (AvgIpc) is 3.10. The second kappa shape index (κ2) is 9.18. The highest BCUT2D eigenvalue weighted by Gasteiger charge is 2.03. The molecule has 0 unspecified atom stereocenters. The van der Waals surface area contributed by atoms with Gasteiger partial charge in [0.15, 0.2) is 0 Å². The van der Waals surface area contributed by atoms with Gasteiger partial charge in [0.2, 0.25) is 5.91 Å². The van der Waals surface area contributed by atoms with E-state index in [0.717, 1.165) is 28.2 Å². The van der Waals surface area contributed by atoms with Crippen molar-refractivity contribution in [1.82, 2.24) is 10.3 Å². The molecule has 3 nitrogen and oxygen atoms in total. The van der Waals surface area contributed by atoms with Gasteiger partial charge in [0.1, 0.15) is 0 Å². The van der Waals surface area contributed by atoms with E-state index < -0.39 is 0 Å². The highest BCUT2D eigenvalue weighted by atomic mass is 35.5. The van der Waals surface area contributed by atoms with Gasteiger partial charge in [-0.3, -0.25) is 4.79 Å². The molecule has 0 saturated heterocycles. The van der Waals surface area contributed by atoms with Crippen LogP contribution in [0.25, 0.3) is 17.3 Å². The molecule has 3 rings (SSSR count). The Bertz CT molecular complexity index is 965. The first kappa shape index (κ1) is 19.6. The van der Waals surface area contributed by atoms with Crippen LogP contribution < -0.4 is 5.32 Å². The predicted molar refractivity (Wildman–Crippen MR) is 114 cm³/mol. The van der Waals surface area contributed by atoms with Crippen LogP contribution in [0.4, 0.5) is 0 Å². The first-order valence-electron chi connectivity index (χ1n) is 8.43. The topological polar surface area (TPSA) is 42.0 Å². The molecule has 0 radical (unpaired) electrons. The van der Waals surface area contributed by atoms with Crippen molar-refractivity contribution in [2.24, 2.45) is 0 Å². The molecule has 1 heterocycles. The van der Waals surface area contributed by atoms with Crippen LogP contribution in [0, 0.1) is 6.92 Å². The zero-order valence-electron chi connectivity index (χ0n) is 14.7. The summed E-state index contributed by atoms with van der Waals surface area (Å²) in [7, 11) is 0. The maximum Gasteiger partial charge on any atom is 0.244 e. The number of amides is 1. The van der Waals surface area contributed by atoms with Crippen molar-refractivity contribution >= 4 is 46.5 Å². The highest BCUT2D eigenvalue weighted by Crippen LogP contribution is 2.23. The zero-order chi connectivity index (χ0) is 19.2. The molecule has 2 aromatic carbocycles. The first-order chi connectivity index (χ1) is 13.0. The Morgan fingerprint density at radius 2 is 1.93 bits per heavy atom. The Balaban J connectivity index is 1.48. The van der Waals surface area contributed by atoms with Crippen LogP contribution in [0.5, 0.6) is 0 Å². The first-order valence-corrected chi connectivity index (χ1v) is 10.1. The standard InChI is InChI=1S/C21H18Cl2N2OS/c1-14-25-20(13-27-14)17-6-2-15(3-7-17)10-11-24-21(26)9-5-16-4-8-18(22)19(23)12-16/h2-9,12-13H,10-11H2,1H3,(H,24,26)/b9-5+. The van der Waals surface area contributed by atoms with Gasteiger partial charge in [-0.25, -0.2) is 4.98 Å². The molecule has 0 aliphatic rings. The minimum Gasteiger partial charge on any atom is -0.352 e. The molecule has 1 amide bonds. The number of rotatable bonds is 6. The Labute approximate surface area is 172 Å². The molecule has 1 aromatic heterocycles. The van der Waals surface area contributed by atoms with Crippen LogP contribution in [0.2, 0.25) is 10.0 Å². The maximum absolute atomic E-state index is 11.9. The highest BCUT2D eigenvalue weighted by molar-refractivity contribution is 7.09. The lowest BCUT2D eigenvalue weighted by molar-refractivity contribution is -0.116. The molecule has 6 heteroatoms. The molecule has 3 aromatic rings. The second-order valence-corrected chi connectivity index (χ2v) is 7.87. The third kappa shape index (κ3) is 5.67. The van der Waals surface area contributed by atoms with Gasteiger partial charge in [0.05, 0.1) is 20.7 Å². The van der Waals surface area contributed by atoms with Gasteiger partial charge in [-0.1, -0.05) is 53.5 Å². The van der Waals surface area contributed by atoms with Crippen LogP contribution in [0.15, 0.2) is 53.9 Å². The Kier molecular flexibility index (Phi) is 6.67. The Morgan fingerprint density at radius 1 is 1.15 bits per heavy atom. The molecule has 0 atom stereocenters. The van der Waals surface area contributed by atoms with E-state index in [0.29, 0.717) is 16.6 Å². The Hall–Kier alpha value is -2.14. The van der Waals surface area contributed by atoms with Crippen LogP contribution in [-0.2, 0) is 11.2 Å². The fourth-order valence-corrected chi connectivity index (χ4v) is 3.44.